The normalized spacial score (nSPS) is 12.5. The van der Waals surface area contributed by atoms with Crippen molar-refractivity contribution in [3.8, 4) is 0 Å². The molecule has 0 aliphatic carbocycles. The van der Waals surface area contributed by atoms with Gasteiger partial charge < -0.3 is 26.8 Å². The van der Waals surface area contributed by atoms with Gasteiger partial charge in [-0.25, -0.2) is 4.79 Å². The molecule has 0 radical (unpaired) electrons. The van der Waals surface area contributed by atoms with Gasteiger partial charge in [-0.1, -0.05) is 32.6 Å². The van der Waals surface area contributed by atoms with Crippen molar-refractivity contribution in [2.24, 2.45) is 16.5 Å². The second-order valence-electron chi connectivity index (χ2n) is 6.84. The molecule has 6 N–H and O–H groups in total. The number of rotatable bonds is 15. The number of carbonyl (C=O) groups excluding carboxylic acids is 3. The maximum Gasteiger partial charge on any atom is 0.328 e. The molecule has 0 spiro atoms. The molecular weight excluding hydrogens is 362 g/mol. The fourth-order valence-electron chi connectivity index (χ4n) is 2.64. The van der Waals surface area contributed by atoms with Crippen LogP contribution in [0.5, 0.6) is 0 Å². The highest BCUT2D eigenvalue weighted by Gasteiger charge is 2.24. The van der Waals surface area contributed by atoms with Gasteiger partial charge in [-0.3, -0.25) is 14.6 Å². The Bertz CT molecular complexity index is 507. The maximum absolute atomic E-state index is 12.5. The number of hydrogen-bond donors (Lipinski definition) is 4. The zero-order chi connectivity index (χ0) is 21.4. The van der Waals surface area contributed by atoms with Crippen LogP contribution >= 0.6 is 0 Å². The Morgan fingerprint density at radius 2 is 1.68 bits per heavy atom. The van der Waals surface area contributed by atoms with Gasteiger partial charge in [0.15, 0.2) is 5.96 Å². The molecule has 0 saturated carbocycles. The Hall–Kier alpha value is -2.32. The summed E-state index contributed by atoms with van der Waals surface area (Å²) < 4.78 is 4.62. The highest BCUT2D eigenvalue weighted by Crippen LogP contribution is 2.07. The number of nitrogens with two attached hydrogens (primary N) is 2. The molecule has 9 heteroatoms. The molecule has 0 aromatic rings. The van der Waals surface area contributed by atoms with Crippen LogP contribution in [0.1, 0.15) is 71.6 Å². The number of ether oxygens (including phenoxy) is 1. The molecule has 2 amide bonds. The number of aliphatic imine (C=N–C) groups is 1. The van der Waals surface area contributed by atoms with E-state index < -0.39 is 24.0 Å². The standard InChI is InChI=1S/C19H37N5O4/c1-4-5-6-7-8-12-16(25)24-15(11-9-10-13-22-19(20)21)17(26)23-14(2)18(27)28-3/h14-15H,4-13H2,1-3H3,(H,23,26)(H,24,25)(H4,20,21,22)/t14-,15+/m0/s1. The third-order valence-corrected chi connectivity index (χ3v) is 4.27. The van der Waals surface area contributed by atoms with Gasteiger partial charge in [0, 0.05) is 13.0 Å². The molecule has 28 heavy (non-hydrogen) atoms. The summed E-state index contributed by atoms with van der Waals surface area (Å²) in [5.74, 6) is -1.08. The van der Waals surface area contributed by atoms with E-state index in [4.69, 9.17) is 11.5 Å². The summed E-state index contributed by atoms with van der Waals surface area (Å²) in [6, 6.07) is -1.50. The van der Waals surface area contributed by atoms with Crippen LogP contribution in [0.4, 0.5) is 0 Å². The van der Waals surface area contributed by atoms with Crippen LogP contribution in [0, 0.1) is 0 Å². The van der Waals surface area contributed by atoms with Crippen molar-refractivity contribution in [1.82, 2.24) is 10.6 Å². The average Bonchev–Trinajstić information content (AvgIpc) is 2.65. The summed E-state index contributed by atoms with van der Waals surface area (Å²) in [6.07, 6.45) is 7.35. The largest absolute Gasteiger partial charge is 0.467 e. The van der Waals surface area contributed by atoms with Gasteiger partial charge in [0.25, 0.3) is 0 Å². The highest BCUT2D eigenvalue weighted by atomic mass is 16.5. The topological polar surface area (TPSA) is 149 Å². The number of nitrogens with one attached hydrogen (secondary N) is 2. The Kier molecular flexibility index (Phi) is 14.4. The molecule has 2 atom stereocenters. The minimum atomic E-state index is -0.785. The van der Waals surface area contributed by atoms with Gasteiger partial charge in [-0.2, -0.15) is 0 Å². The molecule has 0 saturated heterocycles. The lowest BCUT2D eigenvalue weighted by molar-refractivity contribution is -0.144. The number of nitrogens with zero attached hydrogens (tertiary/aromatic N) is 1. The van der Waals surface area contributed by atoms with Crippen molar-refractivity contribution in [3.05, 3.63) is 0 Å². The molecule has 0 unspecified atom stereocenters. The van der Waals surface area contributed by atoms with Gasteiger partial charge >= 0.3 is 5.97 Å². The van der Waals surface area contributed by atoms with Crippen LogP contribution in [0.25, 0.3) is 0 Å². The van der Waals surface area contributed by atoms with E-state index in [0.29, 0.717) is 32.2 Å². The summed E-state index contributed by atoms with van der Waals surface area (Å²) in [5, 5.41) is 5.36. The first-order valence-electron chi connectivity index (χ1n) is 10.0. The average molecular weight is 400 g/mol. The fraction of sp³-hybridized carbons (Fsp3) is 0.789. The fourth-order valence-corrected chi connectivity index (χ4v) is 2.64. The quantitative estimate of drug-likeness (QED) is 0.139. The Morgan fingerprint density at radius 3 is 2.29 bits per heavy atom. The van der Waals surface area contributed by atoms with Gasteiger partial charge in [-0.05, 0) is 32.6 Å². The third-order valence-electron chi connectivity index (χ3n) is 4.27. The number of guanidine groups is 1. The van der Waals surface area contributed by atoms with E-state index in [2.05, 4.69) is 27.3 Å². The monoisotopic (exact) mass is 399 g/mol. The van der Waals surface area contributed by atoms with Gasteiger partial charge in [0.05, 0.1) is 7.11 Å². The minimum Gasteiger partial charge on any atom is -0.467 e. The van der Waals surface area contributed by atoms with Crippen molar-refractivity contribution in [2.75, 3.05) is 13.7 Å². The van der Waals surface area contributed by atoms with Crippen LogP contribution in [-0.4, -0.2) is 49.5 Å². The lowest BCUT2D eigenvalue weighted by atomic mass is 10.1. The summed E-state index contributed by atoms with van der Waals surface area (Å²) >= 11 is 0. The molecule has 0 fully saturated rings. The number of unbranched alkanes of at least 4 members (excludes halogenated alkanes) is 5. The molecule has 0 bridgehead atoms. The first-order valence-corrected chi connectivity index (χ1v) is 10.0. The summed E-state index contributed by atoms with van der Waals surface area (Å²) in [6.45, 7) is 4.13. The second kappa shape index (κ2) is 15.7. The number of esters is 1. The molecule has 162 valence electrons. The van der Waals surface area contributed by atoms with E-state index in [0.717, 1.165) is 32.1 Å². The zero-order valence-corrected chi connectivity index (χ0v) is 17.5. The second-order valence-corrected chi connectivity index (χ2v) is 6.84. The lowest BCUT2D eigenvalue weighted by Crippen LogP contribution is -2.51. The number of hydrogen-bond acceptors (Lipinski definition) is 5. The summed E-state index contributed by atoms with van der Waals surface area (Å²) in [7, 11) is 1.26. The van der Waals surface area contributed by atoms with Gasteiger partial charge in [-0.15, -0.1) is 0 Å². The predicted molar refractivity (Wildman–Crippen MR) is 109 cm³/mol. The first-order chi connectivity index (χ1) is 13.3. The molecule has 0 aromatic carbocycles. The van der Waals surface area contributed by atoms with Crippen molar-refractivity contribution in [3.63, 3.8) is 0 Å². The van der Waals surface area contributed by atoms with Crippen LogP contribution in [0.3, 0.4) is 0 Å². The van der Waals surface area contributed by atoms with Gasteiger partial charge in [0.2, 0.25) is 11.8 Å². The van der Waals surface area contributed by atoms with Gasteiger partial charge in [0.1, 0.15) is 12.1 Å². The molecule has 0 rings (SSSR count). The predicted octanol–water partition coefficient (Wildman–Crippen LogP) is 0.953. The maximum atomic E-state index is 12.5. The Morgan fingerprint density at radius 1 is 1.00 bits per heavy atom. The minimum absolute atomic E-state index is 0.0255. The molecule has 0 aromatic heterocycles. The Labute approximate surface area is 168 Å². The third kappa shape index (κ3) is 12.9. The van der Waals surface area contributed by atoms with Crippen molar-refractivity contribution in [1.29, 1.82) is 0 Å². The molecule has 0 heterocycles. The Balaban J connectivity index is 4.60. The first kappa shape index (κ1) is 25.7. The van der Waals surface area contributed by atoms with E-state index in [1.54, 1.807) is 0 Å². The smallest absolute Gasteiger partial charge is 0.328 e. The van der Waals surface area contributed by atoms with E-state index in [1.165, 1.54) is 14.0 Å². The van der Waals surface area contributed by atoms with Crippen LogP contribution in [0.15, 0.2) is 4.99 Å². The van der Waals surface area contributed by atoms with Crippen molar-refractivity contribution >= 4 is 23.7 Å². The zero-order valence-electron chi connectivity index (χ0n) is 17.5. The van der Waals surface area contributed by atoms with E-state index in [1.807, 2.05) is 0 Å². The summed E-state index contributed by atoms with van der Waals surface area (Å²) in [5.41, 5.74) is 10.6. The van der Waals surface area contributed by atoms with E-state index >= 15 is 0 Å². The molecule has 9 nitrogen and oxygen atoms in total. The van der Waals surface area contributed by atoms with Crippen LogP contribution < -0.4 is 22.1 Å². The van der Waals surface area contributed by atoms with Crippen LogP contribution in [-0.2, 0) is 19.1 Å². The molecule has 0 aliphatic rings. The lowest BCUT2D eigenvalue weighted by Gasteiger charge is -2.20. The van der Waals surface area contributed by atoms with E-state index in [-0.39, 0.29) is 11.9 Å². The number of methoxy groups -OCH3 is 1. The van der Waals surface area contributed by atoms with Crippen molar-refractivity contribution < 1.29 is 19.1 Å². The molecule has 0 aliphatic heterocycles. The van der Waals surface area contributed by atoms with Crippen LogP contribution in [0.2, 0.25) is 0 Å². The van der Waals surface area contributed by atoms with Crippen molar-refractivity contribution in [2.45, 2.75) is 83.7 Å². The SMILES string of the molecule is CCCCCCCC(=O)N[C@H](CCCCN=C(N)N)C(=O)N[C@@H](C)C(=O)OC. The molecular formula is C19H37N5O4. The van der Waals surface area contributed by atoms with E-state index in [9.17, 15) is 14.4 Å². The highest BCUT2D eigenvalue weighted by molar-refractivity contribution is 5.90. The number of carbonyl (C=O) groups is 3. The summed E-state index contributed by atoms with van der Waals surface area (Å²) in [4.78, 5) is 40.1. The number of amides is 2.